The number of carbonyl (C=O) groups excluding carboxylic acids is 1. The van der Waals surface area contributed by atoms with Gasteiger partial charge < -0.3 is 4.18 Å². The smallest absolute Gasteiger partial charge is 0.316 e. The minimum atomic E-state index is -2.12. The molecule has 0 saturated carbocycles. The van der Waals surface area contributed by atoms with Gasteiger partial charge in [-0.15, -0.1) is 0 Å². The van der Waals surface area contributed by atoms with Crippen molar-refractivity contribution in [3.63, 3.8) is 0 Å². The summed E-state index contributed by atoms with van der Waals surface area (Å²) < 4.78 is 6.26. The Bertz CT molecular complexity index is 803. The molecule has 2 nitrogen and oxygen atoms in total. The molecule has 0 amide bonds. The molecule has 0 aromatic heterocycles. The van der Waals surface area contributed by atoms with E-state index in [0.717, 1.165) is 21.1 Å². The molecule has 0 unspecified atom stereocenters. The maximum atomic E-state index is 12.5. The topological polar surface area (TPSA) is 26.3 Å². The first-order chi connectivity index (χ1) is 12.7. The molecule has 3 heteroatoms. The predicted octanol–water partition coefficient (Wildman–Crippen LogP) is 6.40. The minimum Gasteiger partial charge on any atom is -0.402 e. The Kier molecular flexibility index (Phi) is 5.79. The second-order valence-electron chi connectivity index (χ2n) is 5.99. The van der Waals surface area contributed by atoms with E-state index in [2.05, 4.69) is 55.5 Å². The van der Waals surface area contributed by atoms with Crippen molar-refractivity contribution in [1.82, 2.24) is 0 Å². The standard InChI is InChI=1S/C23H24O2S/c1-3-19-15-17-22(18-16-19)26(25-23(24)4-2,20-11-7-5-8-12-20)21-13-9-6-10-14-21/h5-18H,3-4H2,1-2H3. The summed E-state index contributed by atoms with van der Waals surface area (Å²) in [6.07, 6.45) is 1.33. The number of rotatable bonds is 6. The van der Waals surface area contributed by atoms with Crippen LogP contribution in [0.4, 0.5) is 0 Å². The van der Waals surface area contributed by atoms with E-state index in [-0.39, 0.29) is 5.97 Å². The molecule has 0 N–H and O–H groups in total. The maximum absolute atomic E-state index is 12.5. The largest absolute Gasteiger partial charge is 0.402 e. The van der Waals surface area contributed by atoms with Crippen LogP contribution in [0.25, 0.3) is 0 Å². The van der Waals surface area contributed by atoms with Crippen LogP contribution in [-0.4, -0.2) is 5.97 Å². The molecule has 0 saturated heterocycles. The fourth-order valence-corrected chi connectivity index (χ4v) is 5.99. The van der Waals surface area contributed by atoms with Crippen molar-refractivity contribution in [2.45, 2.75) is 41.4 Å². The van der Waals surface area contributed by atoms with Gasteiger partial charge in [0, 0.05) is 21.1 Å². The third-order valence-electron chi connectivity index (χ3n) is 4.32. The summed E-state index contributed by atoms with van der Waals surface area (Å²) in [5.74, 6) is -0.188. The lowest BCUT2D eigenvalue weighted by molar-refractivity contribution is -0.133. The summed E-state index contributed by atoms with van der Waals surface area (Å²) in [5.41, 5.74) is 1.27. The Morgan fingerprint density at radius 2 is 1.19 bits per heavy atom. The normalized spacial score (nSPS) is 11.8. The maximum Gasteiger partial charge on any atom is 0.316 e. The highest BCUT2D eigenvalue weighted by Gasteiger charge is 2.35. The first-order valence-electron chi connectivity index (χ1n) is 8.95. The predicted molar refractivity (Wildman–Crippen MR) is 107 cm³/mol. The molecule has 0 aliphatic heterocycles. The van der Waals surface area contributed by atoms with Gasteiger partial charge in [0.15, 0.2) is 0 Å². The van der Waals surface area contributed by atoms with Crippen LogP contribution in [0, 0.1) is 0 Å². The lowest BCUT2D eigenvalue weighted by Gasteiger charge is -2.39. The first kappa shape index (κ1) is 18.3. The van der Waals surface area contributed by atoms with E-state index >= 15 is 0 Å². The van der Waals surface area contributed by atoms with Gasteiger partial charge in [0.25, 0.3) is 0 Å². The van der Waals surface area contributed by atoms with Gasteiger partial charge in [-0.1, -0.05) is 62.4 Å². The molecule has 0 radical (unpaired) electrons. The molecule has 26 heavy (non-hydrogen) atoms. The van der Waals surface area contributed by atoms with Crippen LogP contribution in [-0.2, 0) is 15.4 Å². The molecule has 3 rings (SSSR count). The van der Waals surface area contributed by atoms with Crippen LogP contribution in [0.1, 0.15) is 25.8 Å². The Hall–Kier alpha value is -2.52. The van der Waals surface area contributed by atoms with Crippen molar-refractivity contribution in [2.24, 2.45) is 0 Å². The number of benzene rings is 3. The Morgan fingerprint density at radius 1 is 0.731 bits per heavy atom. The molecular formula is C23H24O2S. The molecule has 0 bridgehead atoms. The van der Waals surface area contributed by atoms with Crippen molar-refractivity contribution in [2.75, 3.05) is 0 Å². The summed E-state index contributed by atoms with van der Waals surface area (Å²) in [7, 11) is -2.12. The van der Waals surface area contributed by atoms with Gasteiger partial charge in [0.1, 0.15) is 0 Å². The van der Waals surface area contributed by atoms with E-state index in [9.17, 15) is 4.79 Å². The monoisotopic (exact) mass is 364 g/mol. The second kappa shape index (κ2) is 8.24. The molecule has 0 heterocycles. The molecular weight excluding hydrogens is 340 g/mol. The summed E-state index contributed by atoms with van der Waals surface area (Å²) in [4.78, 5) is 15.6. The van der Waals surface area contributed by atoms with Gasteiger partial charge in [-0.3, -0.25) is 4.79 Å². The quantitative estimate of drug-likeness (QED) is 0.506. The summed E-state index contributed by atoms with van der Waals surface area (Å²) >= 11 is 0. The van der Waals surface area contributed by atoms with E-state index in [1.54, 1.807) is 0 Å². The highest BCUT2D eigenvalue weighted by Crippen LogP contribution is 2.69. The zero-order chi connectivity index (χ0) is 18.4. The third-order valence-corrected chi connectivity index (χ3v) is 7.56. The average Bonchev–Trinajstić information content (AvgIpc) is 2.73. The fourth-order valence-electron chi connectivity index (χ4n) is 2.89. The number of hydrogen-bond acceptors (Lipinski definition) is 2. The minimum absolute atomic E-state index is 0.188. The van der Waals surface area contributed by atoms with Crippen LogP contribution < -0.4 is 0 Å². The Morgan fingerprint density at radius 3 is 1.62 bits per heavy atom. The van der Waals surface area contributed by atoms with Gasteiger partial charge in [-0.05, 0) is 58.7 Å². The summed E-state index contributed by atoms with van der Waals surface area (Å²) in [6.45, 7) is 3.98. The van der Waals surface area contributed by atoms with Crippen LogP contribution in [0.3, 0.4) is 0 Å². The van der Waals surface area contributed by atoms with Crippen molar-refractivity contribution in [1.29, 1.82) is 0 Å². The molecule has 0 fully saturated rings. The molecule has 0 aliphatic carbocycles. The van der Waals surface area contributed by atoms with Crippen LogP contribution in [0.2, 0.25) is 0 Å². The van der Waals surface area contributed by atoms with Crippen molar-refractivity contribution >= 4 is 16.3 Å². The van der Waals surface area contributed by atoms with Crippen LogP contribution in [0.15, 0.2) is 99.6 Å². The molecule has 0 spiro atoms. The van der Waals surface area contributed by atoms with E-state index in [1.807, 2.05) is 43.3 Å². The van der Waals surface area contributed by atoms with Gasteiger partial charge in [0.05, 0.1) is 0 Å². The summed E-state index contributed by atoms with van der Waals surface area (Å²) in [5, 5.41) is 0. The Labute approximate surface area is 157 Å². The first-order valence-corrected chi connectivity index (χ1v) is 10.5. The lowest BCUT2D eigenvalue weighted by atomic mass is 10.2. The molecule has 3 aromatic rings. The molecule has 3 aromatic carbocycles. The average molecular weight is 365 g/mol. The zero-order valence-electron chi connectivity index (χ0n) is 15.2. The summed E-state index contributed by atoms with van der Waals surface area (Å²) in [6, 6.07) is 28.7. The van der Waals surface area contributed by atoms with Gasteiger partial charge in [0.2, 0.25) is 0 Å². The van der Waals surface area contributed by atoms with E-state index in [1.165, 1.54) is 5.56 Å². The molecule has 0 aliphatic rings. The van der Waals surface area contributed by atoms with Crippen molar-refractivity contribution in [3.8, 4) is 0 Å². The molecule has 0 atom stereocenters. The Balaban J connectivity index is 2.28. The fraction of sp³-hybridized carbons (Fsp3) is 0.174. The van der Waals surface area contributed by atoms with Crippen molar-refractivity contribution in [3.05, 3.63) is 90.5 Å². The number of carbonyl (C=O) groups is 1. The lowest BCUT2D eigenvalue weighted by Crippen LogP contribution is -2.13. The van der Waals surface area contributed by atoms with Crippen molar-refractivity contribution < 1.29 is 8.98 Å². The highest BCUT2D eigenvalue weighted by molar-refractivity contribution is 8.30. The van der Waals surface area contributed by atoms with E-state index in [0.29, 0.717) is 6.42 Å². The zero-order valence-corrected chi connectivity index (χ0v) is 16.0. The SMILES string of the molecule is CCC(=O)OS(c1ccccc1)(c1ccccc1)c1ccc(CC)cc1. The molecule has 134 valence electrons. The highest BCUT2D eigenvalue weighted by atomic mass is 32.3. The van der Waals surface area contributed by atoms with E-state index in [4.69, 9.17) is 4.18 Å². The van der Waals surface area contributed by atoms with E-state index < -0.39 is 10.3 Å². The second-order valence-corrected chi connectivity index (χ2v) is 8.68. The van der Waals surface area contributed by atoms with Gasteiger partial charge >= 0.3 is 5.97 Å². The van der Waals surface area contributed by atoms with Gasteiger partial charge in [-0.2, -0.15) is 0 Å². The third kappa shape index (κ3) is 3.54. The van der Waals surface area contributed by atoms with Gasteiger partial charge in [-0.25, -0.2) is 0 Å². The van der Waals surface area contributed by atoms with Crippen LogP contribution >= 0.6 is 10.3 Å². The number of hydrogen-bond donors (Lipinski definition) is 0. The van der Waals surface area contributed by atoms with Crippen LogP contribution in [0.5, 0.6) is 0 Å². The number of aryl methyl sites for hydroxylation is 1.